The van der Waals surface area contributed by atoms with E-state index in [1.54, 1.807) is 0 Å². The summed E-state index contributed by atoms with van der Waals surface area (Å²) in [5.41, 5.74) is 22.3. The summed E-state index contributed by atoms with van der Waals surface area (Å²) in [5.74, 6) is 0. The number of hydrogen-bond acceptors (Lipinski definition) is 1. The van der Waals surface area contributed by atoms with Crippen LogP contribution < -0.4 is 4.90 Å². The second kappa shape index (κ2) is 14.7. The molecule has 0 saturated carbocycles. The van der Waals surface area contributed by atoms with Crippen molar-refractivity contribution in [2.24, 2.45) is 0 Å². The van der Waals surface area contributed by atoms with Crippen molar-refractivity contribution in [1.82, 2.24) is 0 Å². The summed E-state index contributed by atoms with van der Waals surface area (Å²) in [5, 5.41) is 2.45. The molecule has 0 aromatic heterocycles. The number of rotatable bonds is 7. The molecule has 10 aromatic rings. The van der Waals surface area contributed by atoms with Gasteiger partial charge >= 0.3 is 0 Å². The van der Waals surface area contributed by atoms with Crippen LogP contribution in [-0.2, 0) is 10.8 Å². The summed E-state index contributed by atoms with van der Waals surface area (Å²) in [7, 11) is 0. The highest BCUT2D eigenvalue weighted by atomic mass is 15.1. The highest BCUT2D eigenvalue weighted by Crippen LogP contribution is 2.56. The van der Waals surface area contributed by atoms with Crippen LogP contribution in [0.3, 0.4) is 0 Å². The zero-order valence-electron chi connectivity index (χ0n) is 36.4. The first-order valence-electron chi connectivity index (χ1n) is 22.5. The molecule has 64 heavy (non-hydrogen) atoms. The summed E-state index contributed by atoms with van der Waals surface area (Å²) >= 11 is 0. The Morgan fingerprint density at radius 1 is 0.344 bits per heavy atom. The molecule has 0 radical (unpaired) electrons. The number of nitrogens with zero attached hydrogens (tertiary/aromatic N) is 1. The third kappa shape index (κ3) is 5.70. The predicted octanol–water partition coefficient (Wildman–Crippen LogP) is 17.0. The molecule has 10 aromatic carbocycles. The smallest absolute Gasteiger partial charge is 0.0546 e. The normalized spacial score (nSPS) is 15.3. The third-order valence-corrected chi connectivity index (χ3v) is 14.4. The SMILES string of the molecule is CC1(C)c2ccccc2-c2cccc(-c3ccccc3-c3ccc(N(c4ccc5c(c4)C(C)(c4ccccc4)c4ccccc4-5)c4ccc5ccccc5c4-c4ccccc4)cc3)c21. The topological polar surface area (TPSA) is 3.24 Å². The molecule has 0 fully saturated rings. The van der Waals surface area contributed by atoms with Crippen LogP contribution in [0.4, 0.5) is 17.1 Å². The van der Waals surface area contributed by atoms with E-state index in [1.165, 1.54) is 94.2 Å². The van der Waals surface area contributed by atoms with Gasteiger partial charge in [0.25, 0.3) is 0 Å². The van der Waals surface area contributed by atoms with E-state index >= 15 is 0 Å². The summed E-state index contributed by atoms with van der Waals surface area (Å²) in [4.78, 5) is 2.49. The zero-order valence-corrected chi connectivity index (χ0v) is 36.4. The Hall–Kier alpha value is -7.74. The van der Waals surface area contributed by atoms with Gasteiger partial charge in [0.15, 0.2) is 0 Å². The molecule has 1 nitrogen and oxygen atoms in total. The Morgan fingerprint density at radius 2 is 0.891 bits per heavy atom. The Labute approximate surface area is 376 Å². The Balaban J connectivity index is 1.05. The van der Waals surface area contributed by atoms with E-state index in [0.717, 1.165) is 17.1 Å². The van der Waals surface area contributed by atoms with E-state index in [9.17, 15) is 0 Å². The van der Waals surface area contributed by atoms with Crippen molar-refractivity contribution in [3.8, 4) is 55.6 Å². The van der Waals surface area contributed by atoms with Gasteiger partial charge in [-0.1, -0.05) is 214 Å². The van der Waals surface area contributed by atoms with Gasteiger partial charge in [-0.2, -0.15) is 0 Å². The molecular weight excluding hydrogens is 771 g/mol. The van der Waals surface area contributed by atoms with Crippen LogP contribution in [0.1, 0.15) is 48.6 Å². The summed E-state index contributed by atoms with van der Waals surface area (Å²) in [6.07, 6.45) is 0. The van der Waals surface area contributed by atoms with Crippen molar-refractivity contribution >= 4 is 27.8 Å². The van der Waals surface area contributed by atoms with Gasteiger partial charge in [0.05, 0.1) is 5.69 Å². The van der Waals surface area contributed by atoms with E-state index in [2.05, 4.69) is 256 Å². The van der Waals surface area contributed by atoms with Gasteiger partial charge in [0.1, 0.15) is 0 Å². The van der Waals surface area contributed by atoms with Crippen LogP contribution in [0, 0.1) is 0 Å². The largest absolute Gasteiger partial charge is 0.310 e. The lowest BCUT2D eigenvalue weighted by Gasteiger charge is -2.32. The second-order valence-corrected chi connectivity index (χ2v) is 18.1. The minimum absolute atomic E-state index is 0.121. The van der Waals surface area contributed by atoms with Crippen molar-refractivity contribution in [3.63, 3.8) is 0 Å². The van der Waals surface area contributed by atoms with Gasteiger partial charge in [-0.3, -0.25) is 0 Å². The lowest BCUT2D eigenvalue weighted by atomic mass is 9.74. The standard InChI is InChI=1S/C63H47N/c1-62(2)56-31-16-14-28-52(56)55-30-18-29-54(61(55)62)50-26-13-12-24-48(50)43-33-36-46(37-34-43)64(59-40-35-42-19-10-11-25-49(42)60(59)44-20-6-4-7-21-44)47-38-39-53-51-27-15-17-32-57(51)63(3,58(53)41-47)45-22-8-5-9-23-45/h4-41H,1-3H3. The molecule has 12 rings (SSSR count). The average molecular weight is 818 g/mol. The molecule has 0 spiro atoms. The maximum absolute atomic E-state index is 2.49. The van der Waals surface area contributed by atoms with Crippen LogP contribution in [0.25, 0.3) is 66.4 Å². The molecule has 0 N–H and O–H groups in total. The minimum atomic E-state index is -0.332. The number of hydrogen-bond donors (Lipinski definition) is 0. The van der Waals surface area contributed by atoms with Crippen molar-refractivity contribution in [2.75, 3.05) is 4.90 Å². The lowest BCUT2D eigenvalue weighted by Crippen LogP contribution is -2.23. The monoisotopic (exact) mass is 817 g/mol. The first-order chi connectivity index (χ1) is 31.4. The van der Waals surface area contributed by atoms with Crippen LogP contribution in [-0.4, -0.2) is 0 Å². The maximum atomic E-state index is 2.49. The van der Waals surface area contributed by atoms with Gasteiger partial charge < -0.3 is 4.90 Å². The van der Waals surface area contributed by atoms with Crippen LogP contribution in [0.5, 0.6) is 0 Å². The zero-order chi connectivity index (χ0) is 43.0. The maximum Gasteiger partial charge on any atom is 0.0546 e. The Bertz CT molecular complexity index is 3410. The van der Waals surface area contributed by atoms with E-state index < -0.39 is 0 Å². The van der Waals surface area contributed by atoms with Crippen molar-refractivity contribution in [1.29, 1.82) is 0 Å². The van der Waals surface area contributed by atoms with Crippen LogP contribution >= 0.6 is 0 Å². The summed E-state index contributed by atoms with van der Waals surface area (Å²) in [6.45, 7) is 7.16. The van der Waals surface area contributed by atoms with Gasteiger partial charge in [0, 0.05) is 27.8 Å². The third-order valence-electron chi connectivity index (χ3n) is 14.4. The molecule has 1 unspecified atom stereocenters. The summed E-state index contributed by atoms with van der Waals surface area (Å²) in [6, 6.07) is 85.5. The van der Waals surface area contributed by atoms with Gasteiger partial charge in [-0.15, -0.1) is 0 Å². The second-order valence-electron chi connectivity index (χ2n) is 18.1. The van der Waals surface area contributed by atoms with Crippen molar-refractivity contribution < 1.29 is 0 Å². The number of fused-ring (bicyclic) bond motifs is 7. The predicted molar refractivity (Wildman–Crippen MR) is 270 cm³/mol. The quantitative estimate of drug-likeness (QED) is 0.155. The van der Waals surface area contributed by atoms with Crippen LogP contribution in [0.2, 0.25) is 0 Å². The molecule has 0 saturated heterocycles. The van der Waals surface area contributed by atoms with Crippen LogP contribution in [0.15, 0.2) is 231 Å². The molecule has 0 aliphatic heterocycles. The first kappa shape index (κ1) is 38.0. The highest BCUT2D eigenvalue weighted by molar-refractivity contribution is 6.06. The summed E-state index contributed by atoms with van der Waals surface area (Å²) < 4.78 is 0. The fourth-order valence-electron chi connectivity index (χ4n) is 11.3. The molecule has 0 heterocycles. The molecule has 304 valence electrons. The Morgan fingerprint density at radius 3 is 1.64 bits per heavy atom. The molecule has 1 heteroatoms. The van der Waals surface area contributed by atoms with Crippen molar-refractivity contribution in [3.05, 3.63) is 258 Å². The van der Waals surface area contributed by atoms with Gasteiger partial charge in [0.2, 0.25) is 0 Å². The Kier molecular flexibility index (Phi) is 8.71. The van der Waals surface area contributed by atoms with E-state index in [0.29, 0.717) is 0 Å². The lowest BCUT2D eigenvalue weighted by molar-refractivity contribution is 0.662. The first-order valence-corrected chi connectivity index (χ1v) is 22.5. The molecule has 2 aliphatic rings. The highest BCUT2D eigenvalue weighted by Gasteiger charge is 2.41. The fourth-order valence-corrected chi connectivity index (χ4v) is 11.3. The van der Waals surface area contributed by atoms with E-state index in [4.69, 9.17) is 0 Å². The minimum Gasteiger partial charge on any atom is -0.310 e. The van der Waals surface area contributed by atoms with E-state index in [-0.39, 0.29) is 10.8 Å². The molecular formula is C63H47N. The van der Waals surface area contributed by atoms with Crippen molar-refractivity contribution in [2.45, 2.75) is 31.6 Å². The average Bonchev–Trinajstić information content (AvgIpc) is 3.76. The van der Waals surface area contributed by atoms with Gasteiger partial charge in [-0.25, -0.2) is 0 Å². The molecule has 0 bridgehead atoms. The number of benzene rings is 10. The molecule has 1 atom stereocenters. The molecule has 2 aliphatic carbocycles. The fraction of sp³-hybridized carbons (Fsp3) is 0.0794. The molecule has 0 amide bonds. The number of anilines is 3. The van der Waals surface area contributed by atoms with Gasteiger partial charge in [-0.05, 0) is 126 Å². The van der Waals surface area contributed by atoms with E-state index in [1.807, 2.05) is 0 Å².